The topological polar surface area (TPSA) is 9.23 Å². The number of hydrogen-bond acceptors (Lipinski definition) is 1. The zero-order valence-corrected chi connectivity index (χ0v) is 9.89. The van der Waals surface area contributed by atoms with Crippen LogP contribution in [0.4, 0.5) is 13.2 Å². The molecule has 1 aliphatic heterocycles. The summed E-state index contributed by atoms with van der Waals surface area (Å²) in [5, 5.41) is 0. The molecule has 0 bridgehead atoms. The molecule has 1 aliphatic rings. The predicted molar refractivity (Wildman–Crippen MR) is 58.4 cm³/mol. The lowest BCUT2D eigenvalue weighted by Gasteiger charge is -2.24. The van der Waals surface area contributed by atoms with Gasteiger partial charge in [0.2, 0.25) is 6.10 Å². The van der Waals surface area contributed by atoms with Gasteiger partial charge in [0.25, 0.3) is 0 Å². The van der Waals surface area contributed by atoms with E-state index in [1.54, 1.807) is 12.1 Å². The van der Waals surface area contributed by atoms with Crippen LogP contribution < -0.4 is 4.74 Å². The molecule has 0 aromatic heterocycles. The van der Waals surface area contributed by atoms with Gasteiger partial charge in [0.1, 0.15) is 5.75 Å². The van der Waals surface area contributed by atoms with Crippen LogP contribution in [-0.4, -0.2) is 12.3 Å². The molecule has 2 rings (SSSR count). The largest absolute Gasteiger partial charge is 0.475 e. The predicted octanol–water partition coefficient (Wildman–Crippen LogP) is 4.09. The fraction of sp³-hybridized carbons (Fsp3) is 0.273. The number of rotatable bonds is 0. The molecule has 5 heteroatoms. The molecule has 0 fully saturated rings. The van der Waals surface area contributed by atoms with Crippen LogP contribution in [0, 0.1) is 6.92 Å². The number of aryl methyl sites for hydroxylation is 1. The standard InChI is InChI=1S/C11H8BrF3O/c1-6-4-7-2-3-9(11(13,14)15)16-10(7)8(12)5-6/h2-5,9H,1H3. The van der Waals surface area contributed by atoms with Gasteiger partial charge in [-0.15, -0.1) is 0 Å². The minimum absolute atomic E-state index is 0.246. The molecule has 1 aromatic rings. The first-order chi connectivity index (χ1) is 7.38. The third kappa shape index (κ3) is 2.09. The maximum Gasteiger partial charge on any atom is 0.429 e. The van der Waals surface area contributed by atoms with Gasteiger partial charge in [0, 0.05) is 5.56 Å². The smallest absolute Gasteiger partial charge is 0.429 e. The lowest BCUT2D eigenvalue weighted by atomic mass is 10.1. The molecule has 16 heavy (non-hydrogen) atoms. The number of halogens is 4. The average molecular weight is 293 g/mol. The van der Waals surface area contributed by atoms with E-state index in [1.165, 1.54) is 6.08 Å². The normalized spacial score (nSPS) is 19.2. The third-order valence-corrected chi connectivity index (χ3v) is 2.82. The van der Waals surface area contributed by atoms with Gasteiger partial charge in [-0.3, -0.25) is 0 Å². The Hall–Kier alpha value is -0.970. The van der Waals surface area contributed by atoms with Crippen molar-refractivity contribution in [2.45, 2.75) is 19.2 Å². The highest BCUT2D eigenvalue weighted by molar-refractivity contribution is 9.10. The Balaban J connectivity index is 2.42. The third-order valence-electron chi connectivity index (χ3n) is 2.23. The molecule has 86 valence electrons. The number of alkyl halides is 3. The molecule has 0 amide bonds. The van der Waals surface area contributed by atoms with Gasteiger partial charge in [0.05, 0.1) is 4.47 Å². The molecule has 0 spiro atoms. The van der Waals surface area contributed by atoms with Crippen LogP contribution in [0.3, 0.4) is 0 Å². The second-order valence-corrected chi connectivity index (χ2v) is 4.46. The second-order valence-electron chi connectivity index (χ2n) is 3.60. The lowest BCUT2D eigenvalue weighted by Crippen LogP contribution is -2.34. The highest BCUT2D eigenvalue weighted by Crippen LogP contribution is 2.38. The molecule has 1 unspecified atom stereocenters. The second kappa shape index (κ2) is 3.80. The lowest BCUT2D eigenvalue weighted by molar-refractivity contribution is -0.180. The van der Waals surface area contributed by atoms with E-state index in [-0.39, 0.29) is 5.75 Å². The Kier molecular flexibility index (Phi) is 2.74. The zero-order chi connectivity index (χ0) is 11.9. The first kappa shape index (κ1) is 11.5. The maximum absolute atomic E-state index is 12.5. The summed E-state index contributed by atoms with van der Waals surface area (Å²) in [6, 6.07) is 3.51. The summed E-state index contributed by atoms with van der Waals surface area (Å²) in [4.78, 5) is 0. The number of benzene rings is 1. The van der Waals surface area contributed by atoms with E-state index in [1.807, 2.05) is 6.92 Å². The Labute approximate surface area is 99.0 Å². The van der Waals surface area contributed by atoms with Crippen molar-refractivity contribution in [1.82, 2.24) is 0 Å². The quantitative estimate of drug-likeness (QED) is 0.700. The summed E-state index contributed by atoms with van der Waals surface area (Å²) in [5.74, 6) is 0.246. The highest BCUT2D eigenvalue weighted by Gasteiger charge is 2.41. The molecule has 1 atom stereocenters. The van der Waals surface area contributed by atoms with E-state index in [4.69, 9.17) is 4.74 Å². The van der Waals surface area contributed by atoms with Crippen molar-refractivity contribution in [1.29, 1.82) is 0 Å². The minimum atomic E-state index is -4.38. The molecule has 1 heterocycles. The van der Waals surface area contributed by atoms with Crippen LogP contribution in [-0.2, 0) is 0 Å². The summed E-state index contributed by atoms with van der Waals surface area (Å²) in [5.41, 5.74) is 1.62. The van der Waals surface area contributed by atoms with Gasteiger partial charge < -0.3 is 4.74 Å². The summed E-state index contributed by atoms with van der Waals surface area (Å²) < 4.78 is 42.8. The Morgan fingerprint density at radius 1 is 1.31 bits per heavy atom. The first-order valence-corrected chi connectivity index (χ1v) is 5.39. The van der Waals surface area contributed by atoms with Gasteiger partial charge >= 0.3 is 6.18 Å². The monoisotopic (exact) mass is 292 g/mol. The number of fused-ring (bicyclic) bond motifs is 1. The van der Waals surface area contributed by atoms with E-state index < -0.39 is 12.3 Å². The fourth-order valence-electron chi connectivity index (χ4n) is 1.54. The summed E-state index contributed by atoms with van der Waals surface area (Å²) in [7, 11) is 0. The highest BCUT2D eigenvalue weighted by atomic mass is 79.9. The van der Waals surface area contributed by atoms with Crippen LogP contribution in [0.5, 0.6) is 5.75 Å². The van der Waals surface area contributed by atoms with Crippen molar-refractivity contribution in [3.8, 4) is 5.75 Å². The van der Waals surface area contributed by atoms with Crippen LogP contribution >= 0.6 is 15.9 Å². The average Bonchev–Trinajstić information content (AvgIpc) is 2.15. The van der Waals surface area contributed by atoms with Crippen molar-refractivity contribution in [3.63, 3.8) is 0 Å². The van der Waals surface area contributed by atoms with Crippen molar-refractivity contribution < 1.29 is 17.9 Å². The van der Waals surface area contributed by atoms with Gasteiger partial charge in [-0.2, -0.15) is 13.2 Å². The molecular weight excluding hydrogens is 285 g/mol. The molecule has 1 aromatic carbocycles. The van der Waals surface area contributed by atoms with E-state index in [0.717, 1.165) is 11.6 Å². The molecule has 0 radical (unpaired) electrons. The van der Waals surface area contributed by atoms with Crippen LogP contribution in [0.1, 0.15) is 11.1 Å². The van der Waals surface area contributed by atoms with Gasteiger partial charge in [-0.25, -0.2) is 0 Å². The van der Waals surface area contributed by atoms with E-state index >= 15 is 0 Å². The SMILES string of the molecule is Cc1cc(Br)c2c(c1)C=CC(C(F)(F)F)O2. The van der Waals surface area contributed by atoms with Crippen molar-refractivity contribution >= 4 is 22.0 Å². The Bertz CT molecular complexity index is 451. The van der Waals surface area contributed by atoms with Gasteiger partial charge in [-0.1, -0.05) is 6.08 Å². The van der Waals surface area contributed by atoms with Crippen molar-refractivity contribution in [3.05, 3.63) is 33.8 Å². The molecule has 0 aliphatic carbocycles. The fourth-order valence-corrected chi connectivity index (χ4v) is 2.22. The van der Waals surface area contributed by atoms with Gasteiger partial charge in [-0.05, 0) is 46.6 Å². The zero-order valence-electron chi connectivity index (χ0n) is 8.31. The van der Waals surface area contributed by atoms with Gasteiger partial charge in [0.15, 0.2) is 0 Å². The van der Waals surface area contributed by atoms with Crippen LogP contribution in [0.25, 0.3) is 6.08 Å². The minimum Gasteiger partial charge on any atom is -0.475 e. The summed E-state index contributed by atoms with van der Waals surface area (Å²) >= 11 is 3.20. The number of ether oxygens (including phenoxy) is 1. The van der Waals surface area contributed by atoms with Crippen LogP contribution in [0.15, 0.2) is 22.7 Å². The van der Waals surface area contributed by atoms with Crippen molar-refractivity contribution in [2.24, 2.45) is 0 Å². The molecular formula is C11H8BrF3O. The summed E-state index contributed by atoms with van der Waals surface area (Å²) in [6.07, 6.45) is -3.78. The first-order valence-electron chi connectivity index (χ1n) is 4.59. The molecule has 0 saturated carbocycles. The van der Waals surface area contributed by atoms with E-state index in [9.17, 15) is 13.2 Å². The number of hydrogen-bond donors (Lipinski definition) is 0. The summed E-state index contributed by atoms with van der Waals surface area (Å²) in [6.45, 7) is 1.87. The Morgan fingerprint density at radius 2 is 2.00 bits per heavy atom. The van der Waals surface area contributed by atoms with E-state index in [2.05, 4.69) is 15.9 Å². The van der Waals surface area contributed by atoms with E-state index in [0.29, 0.717) is 10.0 Å². The molecule has 1 nitrogen and oxygen atoms in total. The molecule has 0 saturated heterocycles. The maximum atomic E-state index is 12.5. The molecule has 0 N–H and O–H groups in total. The Morgan fingerprint density at radius 3 is 2.62 bits per heavy atom. The van der Waals surface area contributed by atoms with Crippen molar-refractivity contribution in [2.75, 3.05) is 0 Å². The van der Waals surface area contributed by atoms with Crippen LogP contribution in [0.2, 0.25) is 0 Å².